The van der Waals surface area contributed by atoms with Crippen molar-refractivity contribution in [1.82, 2.24) is 0 Å². The molecule has 0 aromatic carbocycles. The molecule has 0 radical (unpaired) electrons. The zero-order valence-corrected chi connectivity index (χ0v) is 4.75. The molecule has 7 heteroatoms. The lowest BCUT2D eigenvalue weighted by Gasteiger charge is -1.82. The fraction of sp³-hybridized carbons (Fsp3) is 0. The first-order chi connectivity index (χ1) is 3.41. The van der Waals surface area contributed by atoms with Crippen molar-refractivity contribution in [3.63, 3.8) is 0 Å². The van der Waals surface area contributed by atoms with Gasteiger partial charge in [-0.15, -0.1) is 0 Å². The largest absolute Gasteiger partial charge is 0.466 e. The standard InChI is InChI=1S/CH4N2.H3O4P/c2-1-3;1-5(2,3)4/h1H,(H3,2,3);(H3,1,2,3,4). The minimum atomic E-state index is -4.64. The molecule has 0 aromatic rings. The Labute approximate surface area is 45.7 Å². The van der Waals surface area contributed by atoms with Gasteiger partial charge in [-0.1, -0.05) is 0 Å². The lowest BCUT2D eigenvalue weighted by molar-refractivity contribution is 0.275. The third kappa shape index (κ3) is 664. The van der Waals surface area contributed by atoms with Crippen molar-refractivity contribution in [3.8, 4) is 0 Å². The number of phosphoric acid groups is 1. The van der Waals surface area contributed by atoms with Gasteiger partial charge in [-0.3, -0.25) is 5.41 Å². The molecule has 0 rings (SSSR count). The van der Waals surface area contributed by atoms with Crippen LogP contribution in [0.1, 0.15) is 0 Å². The van der Waals surface area contributed by atoms with Gasteiger partial charge in [0.25, 0.3) is 0 Å². The van der Waals surface area contributed by atoms with Crippen molar-refractivity contribution in [2.75, 3.05) is 0 Å². The molecule has 0 amide bonds. The van der Waals surface area contributed by atoms with Gasteiger partial charge in [0.1, 0.15) is 0 Å². The van der Waals surface area contributed by atoms with Gasteiger partial charge in [-0.25, -0.2) is 4.57 Å². The summed E-state index contributed by atoms with van der Waals surface area (Å²) < 4.78 is 8.88. The van der Waals surface area contributed by atoms with E-state index in [-0.39, 0.29) is 0 Å². The maximum atomic E-state index is 8.88. The molecule has 0 spiro atoms. The number of rotatable bonds is 0. The highest BCUT2D eigenvalue weighted by Crippen LogP contribution is 2.25. The Morgan fingerprint density at radius 1 is 1.50 bits per heavy atom. The van der Waals surface area contributed by atoms with Crippen molar-refractivity contribution in [2.45, 2.75) is 0 Å². The monoisotopic (exact) mass is 142 g/mol. The lowest BCUT2D eigenvalue weighted by Crippen LogP contribution is -1.81. The lowest BCUT2D eigenvalue weighted by atomic mass is 11.4. The molecule has 6 nitrogen and oxygen atoms in total. The molecular weight excluding hydrogens is 135 g/mol. The zero-order valence-electron chi connectivity index (χ0n) is 3.85. The van der Waals surface area contributed by atoms with Gasteiger partial charge in [0.05, 0.1) is 6.34 Å². The summed E-state index contributed by atoms with van der Waals surface area (Å²) in [6.45, 7) is 0. The van der Waals surface area contributed by atoms with Gasteiger partial charge in [0.2, 0.25) is 0 Å². The summed E-state index contributed by atoms with van der Waals surface area (Å²) >= 11 is 0. The van der Waals surface area contributed by atoms with Crippen LogP contribution in [0.15, 0.2) is 0 Å². The van der Waals surface area contributed by atoms with Crippen molar-refractivity contribution in [2.24, 2.45) is 5.73 Å². The van der Waals surface area contributed by atoms with Crippen LogP contribution in [-0.4, -0.2) is 21.0 Å². The van der Waals surface area contributed by atoms with E-state index in [2.05, 4.69) is 5.73 Å². The topological polar surface area (TPSA) is 128 Å². The van der Waals surface area contributed by atoms with E-state index in [0.717, 1.165) is 6.34 Å². The molecule has 0 aliphatic heterocycles. The third-order valence-electron chi connectivity index (χ3n) is 0. The number of nitrogens with one attached hydrogen (secondary N) is 1. The SMILES string of the molecule is N=CN.O=P(O)(O)O. The molecule has 6 N–H and O–H groups in total. The van der Waals surface area contributed by atoms with Crippen molar-refractivity contribution < 1.29 is 19.2 Å². The highest BCUT2D eigenvalue weighted by Gasteiger charge is 2.00. The van der Waals surface area contributed by atoms with Gasteiger partial charge in [-0.05, 0) is 0 Å². The Kier molecular flexibility index (Phi) is 6.23. The Morgan fingerprint density at radius 3 is 1.50 bits per heavy atom. The number of hydrogen-bond donors (Lipinski definition) is 5. The first kappa shape index (κ1) is 10.5. The molecule has 0 heterocycles. The Balaban J connectivity index is 0. The van der Waals surface area contributed by atoms with E-state index in [4.69, 9.17) is 24.7 Å². The van der Waals surface area contributed by atoms with Crippen molar-refractivity contribution in [1.29, 1.82) is 5.41 Å². The van der Waals surface area contributed by atoms with E-state index in [1.165, 1.54) is 0 Å². The van der Waals surface area contributed by atoms with Gasteiger partial charge in [0, 0.05) is 0 Å². The summed E-state index contributed by atoms with van der Waals surface area (Å²) in [6, 6.07) is 0. The molecule has 8 heavy (non-hydrogen) atoms. The maximum Gasteiger partial charge on any atom is 0.466 e. The third-order valence-corrected chi connectivity index (χ3v) is 0. The summed E-state index contributed by atoms with van der Waals surface area (Å²) in [6.07, 6.45) is 0.750. The summed E-state index contributed by atoms with van der Waals surface area (Å²) in [7, 11) is -4.64. The van der Waals surface area contributed by atoms with Gasteiger partial charge in [0.15, 0.2) is 0 Å². The van der Waals surface area contributed by atoms with Gasteiger partial charge >= 0.3 is 7.82 Å². The molecule has 0 unspecified atom stereocenters. The normalized spacial score (nSPS) is 8.88. The Bertz CT molecular complexity index is 87.9. The van der Waals surface area contributed by atoms with Crippen LogP contribution < -0.4 is 5.73 Å². The smallest absolute Gasteiger partial charge is 0.390 e. The molecule has 0 aliphatic carbocycles. The molecule has 0 bridgehead atoms. The van der Waals surface area contributed by atoms with Crippen LogP contribution in [0.2, 0.25) is 0 Å². The van der Waals surface area contributed by atoms with E-state index in [1.54, 1.807) is 0 Å². The Hall–Kier alpha value is -0.420. The zero-order chi connectivity index (χ0) is 7.21. The van der Waals surface area contributed by atoms with Crippen LogP contribution in [0.4, 0.5) is 0 Å². The van der Waals surface area contributed by atoms with Gasteiger partial charge in [-0.2, -0.15) is 0 Å². The molecule has 0 atom stereocenters. The number of hydrogen-bond acceptors (Lipinski definition) is 2. The van der Waals surface area contributed by atoms with Crippen LogP contribution >= 0.6 is 7.82 Å². The predicted molar refractivity (Wildman–Crippen MR) is 27.2 cm³/mol. The molecule has 0 aromatic heterocycles. The van der Waals surface area contributed by atoms with E-state index < -0.39 is 7.82 Å². The molecule has 0 fully saturated rings. The van der Waals surface area contributed by atoms with E-state index in [9.17, 15) is 0 Å². The van der Waals surface area contributed by atoms with Crippen LogP contribution in [0, 0.1) is 5.41 Å². The average molecular weight is 142 g/mol. The average Bonchev–Trinajstić information content (AvgIpc) is 1.27. The fourth-order valence-electron chi connectivity index (χ4n) is 0. The minimum Gasteiger partial charge on any atom is -0.390 e. The fourth-order valence-corrected chi connectivity index (χ4v) is 0. The first-order valence-corrected chi connectivity index (χ1v) is 2.97. The molecule has 0 aliphatic rings. The van der Waals surface area contributed by atoms with Crippen LogP contribution in [0.25, 0.3) is 0 Å². The number of nitrogens with two attached hydrogens (primary N) is 1. The molecule has 0 saturated carbocycles. The van der Waals surface area contributed by atoms with E-state index >= 15 is 0 Å². The van der Waals surface area contributed by atoms with Crippen LogP contribution in [0.3, 0.4) is 0 Å². The first-order valence-electron chi connectivity index (χ1n) is 1.40. The highest BCUT2D eigenvalue weighted by atomic mass is 31.2. The summed E-state index contributed by atoms with van der Waals surface area (Å²) in [4.78, 5) is 21.6. The Morgan fingerprint density at radius 2 is 1.50 bits per heavy atom. The van der Waals surface area contributed by atoms with Gasteiger partial charge < -0.3 is 20.4 Å². The van der Waals surface area contributed by atoms with Crippen LogP contribution in [-0.2, 0) is 4.57 Å². The highest BCUT2D eigenvalue weighted by molar-refractivity contribution is 7.45. The van der Waals surface area contributed by atoms with Crippen LogP contribution in [0.5, 0.6) is 0 Å². The molecular formula is CH7N2O4P. The van der Waals surface area contributed by atoms with E-state index in [1.807, 2.05) is 0 Å². The van der Waals surface area contributed by atoms with Crippen molar-refractivity contribution in [3.05, 3.63) is 0 Å². The molecule has 0 saturated heterocycles. The minimum absolute atomic E-state index is 0.750. The summed E-state index contributed by atoms with van der Waals surface area (Å²) in [5.74, 6) is 0. The quantitative estimate of drug-likeness (QED) is 0.162. The van der Waals surface area contributed by atoms with Crippen molar-refractivity contribution >= 4 is 14.2 Å². The predicted octanol–water partition coefficient (Wildman–Crippen LogP) is -1.38. The maximum absolute atomic E-state index is 8.88. The van der Waals surface area contributed by atoms with E-state index in [0.29, 0.717) is 0 Å². The molecule has 50 valence electrons. The second-order valence-corrected chi connectivity index (χ2v) is 1.71. The summed E-state index contributed by atoms with van der Waals surface area (Å²) in [5, 5.41) is 5.86. The summed E-state index contributed by atoms with van der Waals surface area (Å²) in [5.41, 5.74) is 4.39. The second kappa shape index (κ2) is 4.73. The second-order valence-electron chi connectivity index (χ2n) is 0.680.